The van der Waals surface area contributed by atoms with Gasteiger partial charge in [-0.3, -0.25) is 0 Å². The summed E-state index contributed by atoms with van der Waals surface area (Å²) < 4.78 is 0. The van der Waals surface area contributed by atoms with Crippen LogP contribution in [0.5, 0.6) is 0 Å². The van der Waals surface area contributed by atoms with Crippen molar-refractivity contribution < 1.29 is 19.8 Å². The van der Waals surface area contributed by atoms with Crippen molar-refractivity contribution in [3.63, 3.8) is 0 Å². The Kier molecular flexibility index (Phi) is 5.23. The van der Waals surface area contributed by atoms with E-state index in [9.17, 15) is 19.8 Å². The van der Waals surface area contributed by atoms with Gasteiger partial charge in [-0.1, -0.05) is 12.8 Å². The van der Waals surface area contributed by atoms with E-state index in [1.807, 2.05) is 0 Å². The van der Waals surface area contributed by atoms with E-state index in [0.717, 1.165) is 38.5 Å². The molecule has 2 rings (SSSR count). The van der Waals surface area contributed by atoms with E-state index in [1.165, 1.54) is 4.90 Å². The molecule has 0 saturated carbocycles. The number of piperidine rings is 1. The summed E-state index contributed by atoms with van der Waals surface area (Å²) in [5.74, 6) is -0.919. The highest BCUT2D eigenvalue weighted by Gasteiger charge is 2.36. The lowest BCUT2D eigenvalue weighted by Gasteiger charge is -2.39. The fourth-order valence-corrected chi connectivity index (χ4v) is 3.20. The number of carbonyl (C=O) groups excluding carboxylic acids is 1. The quantitative estimate of drug-likeness (QED) is 0.800. The number of likely N-dealkylation sites (tertiary alicyclic amines) is 2. The largest absolute Gasteiger partial charge is 0.480 e. The second-order valence-electron chi connectivity index (χ2n) is 5.70. The number of aliphatic carboxylic acids is 1. The molecule has 0 bridgehead atoms. The molecule has 2 aliphatic rings. The lowest BCUT2D eigenvalue weighted by Crippen LogP contribution is -2.55. The van der Waals surface area contributed by atoms with Gasteiger partial charge >= 0.3 is 12.0 Å². The monoisotopic (exact) mass is 284 g/mol. The van der Waals surface area contributed by atoms with E-state index in [1.54, 1.807) is 4.90 Å². The van der Waals surface area contributed by atoms with Gasteiger partial charge in [-0.2, -0.15) is 0 Å². The van der Waals surface area contributed by atoms with Crippen LogP contribution in [-0.2, 0) is 4.79 Å². The van der Waals surface area contributed by atoms with Gasteiger partial charge in [-0.15, -0.1) is 0 Å². The molecule has 2 unspecified atom stereocenters. The van der Waals surface area contributed by atoms with Crippen LogP contribution in [-0.4, -0.2) is 63.8 Å². The van der Waals surface area contributed by atoms with Crippen LogP contribution in [0.15, 0.2) is 0 Å². The first-order valence-corrected chi connectivity index (χ1v) is 7.56. The summed E-state index contributed by atoms with van der Waals surface area (Å²) in [6.07, 6.45) is 5.94. The predicted octanol–water partition coefficient (Wildman–Crippen LogP) is 1.28. The molecule has 6 nitrogen and oxygen atoms in total. The van der Waals surface area contributed by atoms with Gasteiger partial charge in [-0.25, -0.2) is 9.59 Å². The van der Waals surface area contributed by atoms with Gasteiger partial charge < -0.3 is 20.0 Å². The van der Waals surface area contributed by atoms with Crippen LogP contribution in [0, 0.1) is 0 Å². The van der Waals surface area contributed by atoms with Crippen molar-refractivity contribution in [3.8, 4) is 0 Å². The fourth-order valence-electron chi connectivity index (χ4n) is 3.20. The molecule has 2 saturated heterocycles. The van der Waals surface area contributed by atoms with Gasteiger partial charge in [0.1, 0.15) is 6.04 Å². The number of hydrogen-bond donors (Lipinski definition) is 2. The third-order valence-corrected chi connectivity index (χ3v) is 4.37. The molecule has 0 aromatic rings. The zero-order valence-corrected chi connectivity index (χ0v) is 11.8. The number of urea groups is 1. The Labute approximate surface area is 119 Å². The molecular weight excluding hydrogens is 260 g/mol. The predicted molar refractivity (Wildman–Crippen MR) is 73.4 cm³/mol. The molecule has 20 heavy (non-hydrogen) atoms. The first-order chi connectivity index (χ1) is 9.65. The lowest BCUT2D eigenvalue weighted by atomic mass is 10.0. The Balaban J connectivity index is 2.13. The van der Waals surface area contributed by atoms with Crippen molar-refractivity contribution in [2.24, 2.45) is 0 Å². The number of rotatable bonds is 2. The van der Waals surface area contributed by atoms with Crippen molar-refractivity contribution >= 4 is 12.0 Å². The number of carbonyl (C=O) groups is 2. The molecule has 0 radical (unpaired) electrons. The molecule has 114 valence electrons. The molecule has 2 fully saturated rings. The van der Waals surface area contributed by atoms with Crippen molar-refractivity contribution in [1.82, 2.24) is 9.80 Å². The number of carboxylic acid groups (broad SMARTS) is 1. The second kappa shape index (κ2) is 6.92. The van der Waals surface area contributed by atoms with Crippen LogP contribution >= 0.6 is 0 Å². The maximum atomic E-state index is 12.7. The number of hydrogen-bond acceptors (Lipinski definition) is 3. The Hall–Kier alpha value is -1.30. The van der Waals surface area contributed by atoms with E-state index in [-0.39, 0.29) is 18.7 Å². The molecule has 2 N–H and O–H groups in total. The summed E-state index contributed by atoms with van der Waals surface area (Å²) in [5.41, 5.74) is 0. The molecule has 2 amide bonds. The van der Waals surface area contributed by atoms with E-state index < -0.39 is 12.0 Å². The molecule has 0 aliphatic carbocycles. The molecule has 2 aliphatic heterocycles. The van der Waals surface area contributed by atoms with Gasteiger partial charge in [0.25, 0.3) is 0 Å². The van der Waals surface area contributed by atoms with Crippen molar-refractivity contribution in [3.05, 3.63) is 0 Å². The average Bonchev–Trinajstić information content (AvgIpc) is 2.72. The summed E-state index contributed by atoms with van der Waals surface area (Å²) >= 11 is 0. The lowest BCUT2D eigenvalue weighted by molar-refractivity contribution is -0.142. The fraction of sp³-hybridized carbons (Fsp3) is 0.857. The Morgan fingerprint density at radius 2 is 1.60 bits per heavy atom. The van der Waals surface area contributed by atoms with Crippen LogP contribution < -0.4 is 0 Å². The molecule has 0 aromatic heterocycles. The first-order valence-electron chi connectivity index (χ1n) is 7.56. The van der Waals surface area contributed by atoms with E-state index in [0.29, 0.717) is 19.5 Å². The first kappa shape index (κ1) is 15.1. The van der Waals surface area contributed by atoms with E-state index in [2.05, 4.69) is 0 Å². The maximum absolute atomic E-state index is 12.7. The SMILES string of the molecule is O=C(O)C1CCCCCN1C(=O)N1CCCCC1CO. The van der Waals surface area contributed by atoms with Gasteiger partial charge in [0.05, 0.1) is 12.6 Å². The van der Waals surface area contributed by atoms with Crippen LogP contribution in [0.25, 0.3) is 0 Å². The van der Waals surface area contributed by atoms with E-state index >= 15 is 0 Å². The minimum atomic E-state index is -0.919. The summed E-state index contributed by atoms with van der Waals surface area (Å²) in [4.78, 5) is 27.2. The van der Waals surface area contributed by atoms with Crippen LogP contribution in [0.3, 0.4) is 0 Å². The topological polar surface area (TPSA) is 81.1 Å². The number of aliphatic hydroxyl groups is 1. The van der Waals surface area contributed by atoms with Crippen LogP contribution in [0.2, 0.25) is 0 Å². The zero-order chi connectivity index (χ0) is 14.5. The Morgan fingerprint density at radius 3 is 2.30 bits per heavy atom. The number of carboxylic acids is 1. The standard InChI is InChI=1S/C14H24N2O4/c17-10-11-6-3-5-8-15(11)14(20)16-9-4-1-2-7-12(16)13(18)19/h11-12,17H,1-10H2,(H,18,19). The zero-order valence-electron chi connectivity index (χ0n) is 11.8. The van der Waals surface area contributed by atoms with Gasteiger partial charge in [0.2, 0.25) is 0 Å². The molecule has 2 heterocycles. The van der Waals surface area contributed by atoms with Crippen molar-refractivity contribution in [1.29, 1.82) is 0 Å². The highest BCUT2D eigenvalue weighted by atomic mass is 16.4. The highest BCUT2D eigenvalue weighted by Crippen LogP contribution is 2.23. The summed E-state index contributed by atoms with van der Waals surface area (Å²) in [5, 5.41) is 18.8. The third kappa shape index (κ3) is 3.23. The van der Waals surface area contributed by atoms with Crippen LogP contribution in [0.4, 0.5) is 4.79 Å². The number of aliphatic hydroxyl groups excluding tert-OH is 1. The second-order valence-corrected chi connectivity index (χ2v) is 5.70. The summed E-state index contributed by atoms with van der Waals surface area (Å²) in [6.45, 7) is 1.08. The van der Waals surface area contributed by atoms with Crippen LogP contribution in [0.1, 0.15) is 44.9 Å². The minimum absolute atomic E-state index is 0.0443. The normalized spacial score (nSPS) is 28.1. The highest BCUT2D eigenvalue weighted by molar-refractivity contribution is 5.83. The summed E-state index contributed by atoms with van der Waals surface area (Å²) in [7, 11) is 0. The average molecular weight is 284 g/mol. The van der Waals surface area contributed by atoms with Gasteiger partial charge in [0, 0.05) is 13.1 Å². The molecule has 0 aromatic carbocycles. The molecular formula is C14H24N2O4. The van der Waals surface area contributed by atoms with Gasteiger partial charge in [0.15, 0.2) is 0 Å². The minimum Gasteiger partial charge on any atom is -0.480 e. The van der Waals surface area contributed by atoms with Crippen molar-refractivity contribution in [2.75, 3.05) is 19.7 Å². The van der Waals surface area contributed by atoms with Gasteiger partial charge in [-0.05, 0) is 32.1 Å². The Morgan fingerprint density at radius 1 is 0.950 bits per heavy atom. The smallest absolute Gasteiger partial charge is 0.326 e. The third-order valence-electron chi connectivity index (χ3n) is 4.37. The van der Waals surface area contributed by atoms with Crippen molar-refractivity contribution in [2.45, 2.75) is 57.0 Å². The molecule has 2 atom stereocenters. The van der Waals surface area contributed by atoms with E-state index in [4.69, 9.17) is 0 Å². The number of nitrogens with zero attached hydrogens (tertiary/aromatic N) is 2. The number of amides is 2. The molecule has 6 heteroatoms. The summed E-state index contributed by atoms with van der Waals surface area (Å²) in [6, 6.07) is -1.08. The molecule has 0 spiro atoms. The maximum Gasteiger partial charge on any atom is 0.326 e. The Bertz CT molecular complexity index is 361.